The molecule has 0 bridgehead atoms. The summed E-state index contributed by atoms with van der Waals surface area (Å²) in [6.07, 6.45) is 0.739. The molecule has 1 rings (SSSR count). The number of sulfonamides is 1. The molecule has 0 fully saturated rings. The van der Waals surface area contributed by atoms with Gasteiger partial charge in [0.25, 0.3) is 0 Å². The highest BCUT2D eigenvalue weighted by molar-refractivity contribution is 7.89. The predicted molar refractivity (Wildman–Crippen MR) is 83.4 cm³/mol. The van der Waals surface area contributed by atoms with Crippen LogP contribution in [0.4, 0.5) is 0 Å². The zero-order valence-corrected chi connectivity index (χ0v) is 14.0. The lowest BCUT2D eigenvalue weighted by atomic mass is 10.1. The summed E-state index contributed by atoms with van der Waals surface area (Å²) >= 11 is 0. The quantitative estimate of drug-likeness (QED) is 0.749. The fourth-order valence-corrected chi connectivity index (χ4v) is 3.40. The van der Waals surface area contributed by atoms with Gasteiger partial charge < -0.3 is 10.1 Å². The van der Waals surface area contributed by atoms with Crippen LogP contribution in [0.25, 0.3) is 0 Å². The maximum absolute atomic E-state index is 12.3. The molecular weight excluding hydrogens is 300 g/mol. The molecular formula is C13H23ClN2O3S. The van der Waals surface area contributed by atoms with E-state index in [9.17, 15) is 8.42 Å². The van der Waals surface area contributed by atoms with Crippen molar-refractivity contribution in [2.45, 2.75) is 25.2 Å². The van der Waals surface area contributed by atoms with Crippen LogP contribution in [0.1, 0.15) is 17.5 Å². The van der Waals surface area contributed by atoms with E-state index in [1.165, 1.54) is 7.11 Å². The van der Waals surface area contributed by atoms with E-state index in [-0.39, 0.29) is 17.3 Å². The lowest BCUT2D eigenvalue weighted by molar-refractivity contribution is 0.401. The summed E-state index contributed by atoms with van der Waals surface area (Å²) in [5.74, 6) is 0.388. The maximum Gasteiger partial charge on any atom is 0.244 e. The van der Waals surface area contributed by atoms with Crippen molar-refractivity contribution in [3.05, 3.63) is 23.3 Å². The first-order valence-corrected chi connectivity index (χ1v) is 7.70. The topological polar surface area (TPSA) is 67.4 Å². The Morgan fingerprint density at radius 1 is 1.20 bits per heavy atom. The average molecular weight is 323 g/mol. The molecule has 0 atom stereocenters. The van der Waals surface area contributed by atoms with E-state index < -0.39 is 10.0 Å². The van der Waals surface area contributed by atoms with Crippen LogP contribution in [0, 0.1) is 13.8 Å². The van der Waals surface area contributed by atoms with Crippen molar-refractivity contribution in [3.63, 3.8) is 0 Å². The second kappa shape index (κ2) is 8.46. The minimum Gasteiger partial charge on any atom is -0.495 e. The van der Waals surface area contributed by atoms with Gasteiger partial charge in [-0.25, -0.2) is 13.1 Å². The van der Waals surface area contributed by atoms with Gasteiger partial charge >= 0.3 is 0 Å². The van der Waals surface area contributed by atoms with E-state index >= 15 is 0 Å². The van der Waals surface area contributed by atoms with Gasteiger partial charge in [-0.2, -0.15) is 0 Å². The van der Waals surface area contributed by atoms with Gasteiger partial charge in [0.1, 0.15) is 10.6 Å². The molecule has 20 heavy (non-hydrogen) atoms. The van der Waals surface area contributed by atoms with E-state index in [0.29, 0.717) is 17.9 Å². The summed E-state index contributed by atoms with van der Waals surface area (Å²) in [4.78, 5) is 0.227. The Balaban J connectivity index is 0.00000361. The number of rotatable bonds is 7. The van der Waals surface area contributed by atoms with E-state index in [4.69, 9.17) is 4.74 Å². The minimum absolute atomic E-state index is 0. The molecule has 0 aromatic heterocycles. The van der Waals surface area contributed by atoms with Crippen molar-refractivity contribution in [1.82, 2.24) is 10.0 Å². The Hall–Kier alpha value is -0.820. The highest BCUT2D eigenvalue weighted by atomic mass is 35.5. The first-order valence-electron chi connectivity index (χ1n) is 6.22. The molecule has 0 spiro atoms. The zero-order valence-electron chi connectivity index (χ0n) is 12.3. The van der Waals surface area contributed by atoms with Gasteiger partial charge in [-0.15, -0.1) is 12.4 Å². The molecule has 0 heterocycles. The van der Waals surface area contributed by atoms with Crippen LogP contribution in [0.3, 0.4) is 0 Å². The van der Waals surface area contributed by atoms with Gasteiger partial charge in [-0.05, 0) is 51.1 Å². The maximum atomic E-state index is 12.3. The van der Waals surface area contributed by atoms with Crippen LogP contribution in [0.15, 0.2) is 17.0 Å². The molecule has 7 heteroatoms. The molecule has 0 saturated heterocycles. The standard InChI is InChI=1S/C13H22N2O3S.ClH/c1-10-8-11(2)13(12(9-10)18-4)19(16,17)15-7-5-6-14-3;/h8-9,14-15H,5-7H2,1-4H3;1H. The summed E-state index contributed by atoms with van der Waals surface area (Å²) in [6, 6.07) is 3.57. The highest BCUT2D eigenvalue weighted by Gasteiger charge is 2.21. The largest absolute Gasteiger partial charge is 0.495 e. The van der Waals surface area contributed by atoms with Gasteiger partial charge in [-0.3, -0.25) is 0 Å². The smallest absolute Gasteiger partial charge is 0.244 e. The van der Waals surface area contributed by atoms with Gasteiger partial charge in [0.15, 0.2) is 0 Å². The lowest BCUT2D eigenvalue weighted by Crippen LogP contribution is -2.27. The Labute approximate surface area is 127 Å². The number of methoxy groups -OCH3 is 1. The average Bonchev–Trinajstić information content (AvgIpc) is 2.33. The molecule has 0 aliphatic rings. The molecule has 0 radical (unpaired) electrons. The van der Waals surface area contributed by atoms with Gasteiger partial charge in [0.05, 0.1) is 7.11 Å². The van der Waals surface area contributed by atoms with E-state index in [0.717, 1.165) is 18.5 Å². The number of ether oxygens (including phenoxy) is 1. The molecule has 0 amide bonds. The fraction of sp³-hybridized carbons (Fsp3) is 0.538. The van der Waals surface area contributed by atoms with E-state index in [1.54, 1.807) is 13.0 Å². The van der Waals surface area contributed by atoms with Crippen LogP contribution in [-0.2, 0) is 10.0 Å². The Kier molecular flexibility index (Phi) is 8.12. The molecule has 0 unspecified atom stereocenters. The highest BCUT2D eigenvalue weighted by Crippen LogP contribution is 2.28. The summed E-state index contributed by atoms with van der Waals surface area (Å²) in [7, 11) is -0.218. The summed E-state index contributed by atoms with van der Waals surface area (Å²) in [6.45, 7) is 4.86. The third-order valence-electron chi connectivity index (χ3n) is 2.77. The van der Waals surface area contributed by atoms with Crippen molar-refractivity contribution in [2.24, 2.45) is 0 Å². The second-order valence-electron chi connectivity index (χ2n) is 4.47. The summed E-state index contributed by atoms with van der Waals surface area (Å²) in [5, 5.41) is 2.98. The fourth-order valence-electron chi connectivity index (χ4n) is 1.96. The van der Waals surface area contributed by atoms with Crippen molar-refractivity contribution in [1.29, 1.82) is 0 Å². The van der Waals surface area contributed by atoms with E-state index in [2.05, 4.69) is 10.0 Å². The molecule has 1 aromatic carbocycles. The number of hydrogen-bond donors (Lipinski definition) is 2. The van der Waals surface area contributed by atoms with Crippen LogP contribution < -0.4 is 14.8 Å². The number of halogens is 1. The SMILES string of the molecule is CNCCCNS(=O)(=O)c1c(C)cc(C)cc1OC.Cl. The first-order chi connectivity index (χ1) is 8.92. The van der Waals surface area contributed by atoms with Crippen molar-refractivity contribution in [3.8, 4) is 5.75 Å². The Bertz CT molecular complexity index is 533. The number of aryl methyl sites for hydroxylation is 2. The molecule has 5 nitrogen and oxygen atoms in total. The number of benzene rings is 1. The Morgan fingerprint density at radius 2 is 1.85 bits per heavy atom. The van der Waals surface area contributed by atoms with Crippen LogP contribution in [0.2, 0.25) is 0 Å². The molecule has 0 aliphatic heterocycles. The molecule has 0 saturated carbocycles. The van der Waals surface area contributed by atoms with Crippen LogP contribution in [-0.4, -0.2) is 35.7 Å². The van der Waals surface area contributed by atoms with Gasteiger partial charge in [0.2, 0.25) is 10.0 Å². The van der Waals surface area contributed by atoms with Crippen molar-refractivity contribution >= 4 is 22.4 Å². The zero-order chi connectivity index (χ0) is 14.5. The monoisotopic (exact) mass is 322 g/mol. The number of nitrogens with one attached hydrogen (secondary N) is 2. The lowest BCUT2D eigenvalue weighted by Gasteiger charge is -2.14. The first kappa shape index (κ1) is 19.2. The summed E-state index contributed by atoms with van der Waals surface area (Å²) in [5.41, 5.74) is 1.67. The third-order valence-corrected chi connectivity index (χ3v) is 4.41. The van der Waals surface area contributed by atoms with Crippen molar-refractivity contribution < 1.29 is 13.2 Å². The van der Waals surface area contributed by atoms with Gasteiger partial charge in [0, 0.05) is 6.54 Å². The van der Waals surface area contributed by atoms with Crippen LogP contribution >= 0.6 is 12.4 Å². The van der Waals surface area contributed by atoms with Crippen LogP contribution in [0.5, 0.6) is 5.75 Å². The Morgan fingerprint density at radius 3 is 2.40 bits per heavy atom. The molecule has 1 aromatic rings. The molecule has 0 aliphatic carbocycles. The van der Waals surface area contributed by atoms with Crippen molar-refractivity contribution in [2.75, 3.05) is 27.2 Å². The van der Waals surface area contributed by atoms with E-state index in [1.807, 2.05) is 20.0 Å². The third kappa shape index (κ3) is 4.94. The molecule has 2 N–H and O–H groups in total. The molecule has 116 valence electrons. The minimum atomic E-state index is -3.53. The summed E-state index contributed by atoms with van der Waals surface area (Å²) < 4.78 is 32.4. The normalized spacial score (nSPS) is 11.0. The second-order valence-corrected chi connectivity index (χ2v) is 6.17. The number of hydrogen-bond acceptors (Lipinski definition) is 4. The van der Waals surface area contributed by atoms with Gasteiger partial charge in [-0.1, -0.05) is 6.07 Å². The predicted octanol–water partition coefficient (Wildman–Crippen LogP) is 1.62.